The SMILES string of the molecule is CCNC(CC)CN1CCC(Cc2ccccc2)CC1. The van der Waals surface area contributed by atoms with E-state index in [1.54, 1.807) is 0 Å². The molecule has 0 bridgehead atoms. The second-order valence-corrected chi connectivity index (χ2v) is 6.10. The van der Waals surface area contributed by atoms with Gasteiger partial charge in [0.15, 0.2) is 0 Å². The smallest absolute Gasteiger partial charge is 0.0192 e. The summed E-state index contributed by atoms with van der Waals surface area (Å²) in [6, 6.07) is 11.6. The van der Waals surface area contributed by atoms with Crippen LogP contribution in [0, 0.1) is 5.92 Å². The largest absolute Gasteiger partial charge is 0.313 e. The van der Waals surface area contributed by atoms with Gasteiger partial charge in [-0.1, -0.05) is 44.2 Å². The molecule has 1 unspecified atom stereocenters. The van der Waals surface area contributed by atoms with E-state index in [0.717, 1.165) is 12.5 Å². The van der Waals surface area contributed by atoms with E-state index in [2.05, 4.69) is 54.4 Å². The highest BCUT2D eigenvalue weighted by atomic mass is 15.2. The predicted octanol–water partition coefficient (Wildman–Crippen LogP) is 3.33. The fourth-order valence-corrected chi connectivity index (χ4v) is 3.26. The van der Waals surface area contributed by atoms with Crippen molar-refractivity contribution in [2.45, 2.75) is 45.6 Å². The maximum absolute atomic E-state index is 3.59. The lowest BCUT2D eigenvalue weighted by Gasteiger charge is -2.34. The van der Waals surface area contributed by atoms with Gasteiger partial charge in [0.2, 0.25) is 0 Å². The normalized spacial score (nSPS) is 19.1. The Morgan fingerprint density at radius 3 is 2.45 bits per heavy atom. The molecule has 2 nitrogen and oxygen atoms in total. The first-order valence-electron chi connectivity index (χ1n) is 8.31. The quantitative estimate of drug-likeness (QED) is 0.820. The summed E-state index contributed by atoms with van der Waals surface area (Å²) in [5, 5.41) is 3.59. The number of benzene rings is 1. The molecule has 2 heteroatoms. The zero-order chi connectivity index (χ0) is 14.2. The van der Waals surface area contributed by atoms with Crippen molar-refractivity contribution in [3.8, 4) is 0 Å². The number of likely N-dealkylation sites (tertiary alicyclic amines) is 1. The molecule has 1 aromatic carbocycles. The summed E-state index contributed by atoms with van der Waals surface area (Å²) in [4.78, 5) is 2.65. The van der Waals surface area contributed by atoms with Crippen LogP contribution in [0.25, 0.3) is 0 Å². The first-order chi connectivity index (χ1) is 9.81. The van der Waals surface area contributed by atoms with Crippen molar-refractivity contribution >= 4 is 0 Å². The number of hydrogen-bond acceptors (Lipinski definition) is 2. The number of rotatable bonds is 7. The number of likely N-dealkylation sites (N-methyl/N-ethyl adjacent to an activating group) is 1. The molecule has 0 aromatic heterocycles. The molecular formula is C18H30N2. The fourth-order valence-electron chi connectivity index (χ4n) is 3.26. The molecule has 0 amide bonds. The van der Waals surface area contributed by atoms with E-state index in [4.69, 9.17) is 0 Å². The number of nitrogens with zero attached hydrogens (tertiary/aromatic N) is 1. The van der Waals surface area contributed by atoms with Gasteiger partial charge < -0.3 is 10.2 Å². The van der Waals surface area contributed by atoms with Crippen LogP contribution in [0.3, 0.4) is 0 Å². The summed E-state index contributed by atoms with van der Waals surface area (Å²) in [6.07, 6.45) is 5.21. The van der Waals surface area contributed by atoms with Crippen LogP contribution in [-0.2, 0) is 6.42 Å². The molecule has 1 heterocycles. The third-order valence-electron chi connectivity index (χ3n) is 4.54. The van der Waals surface area contributed by atoms with Crippen molar-refractivity contribution in [2.75, 3.05) is 26.2 Å². The van der Waals surface area contributed by atoms with Gasteiger partial charge in [0, 0.05) is 12.6 Å². The molecule has 1 aromatic rings. The maximum atomic E-state index is 3.59. The number of piperidine rings is 1. The van der Waals surface area contributed by atoms with E-state index in [1.807, 2.05) is 0 Å². The Balaban J connectivity index is 1.72. The van der Waals surface area contributed by atoms with Crippen LogP contribution in [0.15, 0.2) is 30.3 Å². The predicted molar refractivity (Wildman–Crippen MR) is 87.1 cm³/mol. The van der Waals surface area contributed by atoms with Gasteiger partial charge in [-0.05, 0) is 56.8 Å². The fraction of sp³-hybridized carbons (Fsp3) is 0.667. The molecule has 0 saturated carbocycles. The zero-order valence-corrected chi connectivity index (χ0v) is 13.1. The summed E-state index contributed by atoms with van der Waals surface area (Å²) < 4.78 is 0. The Labute approximate surface area is 124 Å². The zero-order valence-electron chi connectivity index (χ0n) is 13.1. The summed E-state index contributed by atoms with van der Waals surface area (Å²) >= 11 is 0. The third-order valence-corrected chi connectivity index (χ3v) is 4.54. The van der Waals surface area contributed by atoms with Crippen molar-refractivity contribution in [3.63, 3.8) is 0 Å². The van der Waals surface area contributed by atoms with Gasteiger partial charge in [0.25, 0.3) is 0 Å². The average Bonchev–Trinajstić information content (AvgIpc) is 2.50. The van der Waals surface area contributed by atoms with Gasteiger partial charge in [-0.3, -0.25) is 0 Å². The van der Waals surface area contributed by atoms with Crippen LogP contribution < -0.4 is 5.32 Å². The highest BCUT2D eigenvalue weighted by Gasteiger charge is 2.21. The summed E-state index contributed by atoms with van der Waals surface area (Å²) in [5.41, 5.74) is 1.50. The van der Waals surface area contributed by atoms with Crippen molar-refractivity contribution in [1.82, 2.24) is 10.2 Å². The average molecular weight is 274 g/mol. The minimum Gasteiger partial charge on any atom is -0.313 e. The lowest BCUT2D eigenvalue weighted by molar-refractivity contribution is 0.167. The molecule has 1 saturated heterocycles. The summed E-state index contributed by atoms with van der Waals surface area (Å²) in [7, 11) is 0. The van der Waals surface area contributed by atoms with Crippen LogP contribution in [-0.4, -0.2) is 37.1 Å². The van der Waals surface area contributed by atoms with Crippen LogP contribution in [0.5, 0.6) is 0 Å². The van der Waals surface area contributed by atoms with Crippen molar-refractivity contribution in [2.24, 2.45) is 5.92 Å². The summed E-state index contributed by atoms with van der Waals surface area (Å²) in [6.45, 7) is 9.36. The summed E-state index contributed by atoms with van der Waals surface area (Å²) in [5.74, 6) is 0.882. The molecule has 112 valence electrons. The molecule has 2 rings (SSSR count). The molecular weight excluding hydrogens is 244 g/mol. The molecule has 0 radical (unpaired) electrons. The molecule has 1 atom stereocenters. The minimum atomic E-state index is 0.672. The first-order valence-corrected chi connectivity index (χ1v) is 8.31. The van der Waals surface area contributed by atoms with Gasteiger partial charge in [0.1, 0.15) is 0 Å². The Morgan fingerprint density at radius 1 is 1.15 bits per heavy atom. The van der Waals surface area contributed by atoms with Crippen LogP contribution in [0.4, 0.5) is 0 Å². The Kier molecular flexibility index (Phi) is 6.55. The molecule has 1 N–H and O–H groups in total. The third kappa shape index (κ3) is 4.92. The maximum Gasteiger partial charge on any atom is 0.0192 e. The molecule has 20 heavy (non-hydrogen) atoms. The van der Waals surface area contributed by atoms with Gasteiger partial charge in [0.05, 0.1) is 0 Å². The highest BCUT2D eigenvalue weighted by Crippen LogP contribution is 2.21. The second-order valence-electron chi connectivity index (χ2n) is 6.10. The number of hydrogen-bond donors (Lipinski definition) is 1. The standard InChI is InChI=1S/C18H30N2/c1-3-18(19-4-2)15-20-12-10-17(11-13-20)14-16-8-6-5-7-9-16/h5-9,17-19H,3-4,10-15H2,1-2H3. The molecule has 1 fully saturated rings. The van der Waals surface area contributed by atoms with Crippen LogP contribution in [0.1, 0.15) is 38.7 Å². The number of nitrogens with one attached hydrogen (secondary N) is 1. The molecule has 1 aliphatic rings. The first kappa shape index (κ1) is 15.5. The highest BCUT2D eigenvalue weighted by molar-refractivity contribution is 5.15. The molecule has 0 spiro atoms. The molecule has 0 aliphatic carbocycles. The van der Waals surface area contributed by atoms with E-state index in [1.165, 1.54) is 50.9 Å². The lowest BCUT2D eigenvalue weighted by atomic mass is 9.90. The van der Waals surface area contributed by atoms with E-state index in [-0.39, 0.29) is 0 Å². The van der Waals surface area contributed by atoms with Crippen molar-refractivity contribution in [1.29, 1.82) is 0 Å². The van der Waals surface area contributed by atoms with Crippen molar-refractivity contribution in [3.05, 3.63) is 35.9 Å². The monoisotopic (exact) mass is 274 g/mol. The van der Waals surface area contributed by atoms with E-state index in [9.17, 15) is 0 Å². The van der Waals surface area contributed by atoms with E-state index < -0.39 is 0 Å². The lowest BCUT2D eigenvalue weighted by Crippen LogP contribution is -2.44. The Hall–Kier alpha value is -0.860. The van der Waals surface area contributed by atoms with E-state index >= 15 is 0 Å². The molecule has 1 aliphatic heterocycles. The van der Waals surface area contributed by atoms with Crippen LogP contribution in [0.2, 0.25) is 0 Å². The Morgan fingerprint density at radius 2 is 1.85 bits per heavy atom. The van der Waals surface area contributed by atoms with Crippen LogP contribution >= 0.6 is 0 Å². The van der Waals surface area contributed by atoms with Crippen molar-refractivity contribution < 1.29 is 0 Å². The van der Waals surface area contributed by atoms with Gasteiger partial charge in [-0.15, -0.1) is 0 Å². The van der Waals surface area contributed by atoms with E-state index in [0.29, 0.717) is 6.04 Å². The Bertz CT molecular complexity index is 355. The topological polar surface area (TPSA) is 15.3 Å². The van der Waals surface area contributed by atoms with Gasteiger partial charge in [-0.2, -0.15) is 0 Å². The second kappa shape index (κ2) is 8.43. The van der Waals surface area contributed by atoms with Gasteiger partial charge >= 0.3 is 0 Å². The minimum absolute atomic E-state index is 0.672. The van der Waals surface area contributed by atoms with Gasteiger partial charge in [-0.25, -0.2) is 0 Å².